The summed E-state index contributed by atoms with van der Waals surface area (Å²) in [5.74, 6) is -0.644. The Hall–Kier alpha value is -1.88. The molecule has 0 spiro atoms. The van der Waals surface area contributed by atoms with E-state index in [0.717, 1.165) is 50.0 Å². The van der Waals surface area contributed by atoms with Crippen molar-refractivity contribution < 1.29 is 14.7 Å². The normalized spacial score (nSPS) is 21.7. The number of nitrogens with zero attached hydrogens (tertiary/aromatic N) is 1. The summed E-state index contributed by atoms with van der Waals surface area (Å²) < 4.78 is 0. The summed E-state index contributed by atoms with van der Waals surface area (Å²) in [5.41, 5.74) is 2.42. The Morgan fingerprint density at radius 3 is 2.86 bits per heavy atom. The Bertz CT molecular complexity index is 565. The van der Waals surface area contributed by atoms with Gasteiger partial charge in [0.1, 0.15) is 0 Å². The molecule has 5 heteroatoms. The van der Waals surface area contributed by atoms with Gasteiger partial charge in [0, 0.05) is 19.6 Å². The molecule has 1 aromatic rings. The lowest BCUT2D eigenvalue weighted by atomic mass is 9.94. The number of amides is 1. The number of piperidine rings is 1. The minimum absolute atomic E-state index is 0.0722. The van der Waals surface area contributed by atoms with Gasteiger partial charge in [0.2, 0.25) is 5.91 Å². The van der Waals surface area contributed by atoms with E-state index < -0.39 is 5.97 Å². The second kappa shape index (κ2) is 5.85. The van der Waals surface area contributed by atoms with E-state index in [9.17, 15) is 9.59 Å². The average molecular weight is 288 g/mol. The topological polar surface area (TPSA) is 69.6 Å². The predicted octanol–water partition coefficient (Wildman–Crippen LogP) is 1.27. The fourth-order valence-electron chi connectivity index (χ4n) is 3.20. The van der Waals surface area contributed by atoms with Crippen LogP contribution in [0, 0.1) is 5.92 Å². The smallest absolute Gasteiger partial charge is 0.335 e. The van der Waals surface area contributed by atoms with Crippen LogP contribution in [0.3, 0.4) is 0 Å². The Morgan fingerprint density at radius 1 is 1.29 bits per heavy atom. The van der Waals surface area contributed by atoms with E-state index in [-0.39, 0.29) is 11.8 Å². The Labute approximate surface area is 123 Å². The number of nitrogens with one attached hydrogen (secondary N) is 1. The number of aromatic carboxylic acids is 1. The van der Waals surface area contributed by atoms with Crippen molar-refractivity contribution in [2.24, 2.45) is 5.92 Å². The highest BCUT2D eigenvalue weighted by Crippen LogP contribution is 2.23. The second-order valence-corrected chi connectivity index (χ2v) is 5.84. The van der Waals surface area contributed by atoms with Crippen molar-refractivity contribution in [3.8, 4) is 0 Å². The van der Waals surface area contributed by atoms with Crippen LogP contribution in [0.2, 0.25) is 0 Å². The highest BCUT2D eigenvalue weighted by Gasteiger charge is 2.28. The first-order valence-corrected chi connectivity index (χ1v) is 7.50. The van der Waals surface area contributed by atoms with Crippen molar-refractivity contribution in [1.82, 2.24) is 10.2 Å². The number of carboxylic acid groups (broad SMARTS) is 1. The zero-order chi connectivity index (χ0) is 14.8. The maximum atomic E-state index is 12.6. The van der Waals surface area contributed by atoms with Crippen molar-refractivity contribution >= 4 is 11.9 Å². The molecule has 0 aliphatic carbocycles. The van der Waals surface area contributed by atoms with Crippen LogP contribution in [0.15, 0.2) is 18.2 Å². The summed E-state index contributed by atoms with van der Waals surface area (Å²) in [6.07, 6.45) is 2.80. The molecule has 21 heavy (non-hydrogen) atoms. The molecule has 0 aromatic heterocycles. The molecular formula is C16H20N2O3. The van der Waals surface area contributed by atoms with Gasteiger partial charge in [0.25, 0.3) is 0 Å². The molecule has 1 aromatic carbocycles. The summed E-state index contributed by atoms with van der Waals surface area (Å²) in [5, 5.41) is 12.3. The van der Waals surface area contributed by atoms with Gasteiger partial charge in [0.05, 0.1) is 11.5 Å². The van der Waals surface area contributed by atoms with Crippen LogP contribution in [0.5, 0.6) is 0 Å². The SMILES string of the molecule is O=C(O)c1ccc2c(c1)CN(C(=O)[C@H]1CCCNC1)CC2. The Morgan fingerprint density at radius 2 is 2.14 bits per heavy atom. The zero-order valence-corrected chi connectivity index (χ0v) is 12.0. The molecule has 1 saturated heterocycles. The van der Waals surface area contributed by atoms with Crippen LogP contribution in [-0.2, 0) is 17.8 Å². The number of carboxylic acids is 1. The van der Waals surface area contributed by atoms with Crippen LogP contribution >= 0.6 is 0 Å². The van der Waals surface area contributed by atoms with Gasteiger partial charge in [-0.15, -0.1) is 0 Å². The number of carbonyl (C=O) groups is 2. The first-order valence-electron chi connectivity index (χ1n) is 7.50. The number of hydrogen-bond acceptors (Lipinski definition) is 3. The van der Waals surface area contributed by atoms with Crippen molar-refractivity contribution in [2.75, 3.05) is 19.6 Å². The number of carbonyl (C=O) groups excluding carboxylic acids is 1. The highest BCUT2D eigenvalue weighted by atomic mass is 16.4. The third-order valence-corrected chi connectivity index (χ3v) is 4.42. The highest BCUT2D eigenvalue weighted by molar-refractivity contribution is 5.88. The first kappa shape index (κ1) is 14.1. The van der Waals surface area contributed by atoms with E-state index in [0.29, 0.717) is 12.1 Å². The van der Waals surface area contributed by atoms with Gasteiger partial charge < -0.3 is 15.3 Å². The zero-order valence-electron chi connectivity index (χ0n) is 12.0. The molecule has 0 saturated carbocycles. The van der Waals surface area contributed by atoms with E-state index in [1.165, 1.54) is 0 Å². The molecule has 5 nitrogen and oxygen atoms in total. The van der Waals surface area contributed by atoms with Crippen LogP contribution in [-0.4, -0.2) is 41.5 Å². The van der Waals surface area contributed by atoms with Crippen LogP contribution < -0.4 is 5.32 Å². The molecule has 1 amide bonds. The predicted molar refractivity (Wildman–Crippen MR) is 78.1 cm³/mol. The van der Waals surface area contributed by atoms with Crippen LogP contribution in [0.25, 0.3) is 0 Å². The van der Waals surface area contributed by atoms with Gasteiger partial charge in [-0.05, 0) is 49.1 Å². The molecule has 0 radical (unpaired) electrons. The third kappa shape index (κ3) is 2.93. The lowest BCUT2D eigenvalue weighted by Crippen LogP contribution is -2.44. The Kier molecular flexibility index (Phi) is 3.92. The molecule has 2 N–H and O–H groups in total. The van der Waals surface area contributed by atoms with Gasteiger partial charge in [-0.1, -0.05) is 6.07 Å². The summed E-state index contributed by atoms with van der Waals surface area (Å²) in [4.78, 5) is 25.5. The Balaban J connectivity index is 1.75. The largest absolute Gasteiger partial charge is 0.478 e. The maximum Gasteiger partial charge on any atom is 0.335 e. The molecule has 3 rings (SSSR count). The van der Waals surface area contributed by atoms with E-state index in [1.54, 1.807) is 12.1 Å². The summed E-state index contributed by atoms with van der Waals surface area (Å²) in [7, 11) is 0. The molecule has 112 valence electrons. The monoisotopic (exact) mass is 288 g/mol. The number of fused-ring (bicyclic) bond motifs is 1. The maximum absolute atomic E-state index is 12.6. The third-order valence-electron chi connectivity index (χ3n) is 4.42. The van der Waals surface area contributed by atoms with Crippen molar-refractivity contribution in [2.45, 2.75) is 25.8 Å². The van der Waals surface area contributed by atoms with E-state index in [2.05, 4.69) is 5.32 Å². The van der Waals surface area contributed by atoms with Crippen LogP contribution in [0.4, 0.5) is 0 Å². The molecule has 1 fully saturated rings. The minimum atomic E-state index is -0.919. The van der Waals surface area contributed by atoms with E-state index in [4.69, 9.17) is 5.11 Å². The van der Waals surface area contributed by atoms with Gasteiger partial charge in [-0.3, -0.25) is 4.79 Å². The standard InChI is InChI=1S/C16H20N2O3/c19-15(13-2-1-6-17-9-13)18-7-5-11-3-4-12(16(20)21)8-14(11)10-18/h3-4,8,13,17H,1-2,5-7,9-10H2,(H,20,21)/t13-/m0/s1. The molecular weight excluding hydrogens is 268 g/mol. The summed E-state index contributed by atoms with van der Waals surface area (Å²) >= 11 is 0. The van der Waals surface area contributed by atoms with Gasteiger partial charge >= 0.3 is 5.97 Å². The summed E-state index contributed by atoms with van der Waals surface area (Å²) in [6.45, 7) is 3.02. The molecule has 2 aliphatic heterocycles. The lowest BCUT2D eigenvalue weighted by molar-refractivity contribution is -0.137. The average Bonchev–Trinajstić information content (AvgIpc) is 2.54. The van der Waals surface area contributed by atoms with Gasteiger partial charge in [-0.25, -0.2) is 4.79 Å². The number of rotatable bonds is 2. The lowest BCUT2D eigenvalue weighted by Gasteiger charge is -2.33. The number of benzene rings is 1. The minimum Gasteiger partial charge on any atom is -0.478 e. The first-order chi connectivity index (χ1) is 10.1. The second-order valence-electron chi connectivity index (χ2n) is 5.84. The fraction of sp³-hybridized carbons (Fsp3) is 0.500. The number of hydrogen-bond donors (Lipinski definition) is 2. The quantitative estimate of drug-likeness (QED) is 0.860. The molecule has 1 atom stereocenters. The van der Waals surface area contributed by atoms with Gasteiger partial charge in [0.15, 0.2) is 0 Å². The fourth-order valence-corrected chi connectivity index (χ4v) is 3.20. The molecule has 2 aliphatic rings. The molecule has 0 unspecified atom stereocenters. The molecule has 0 bridgehead atoms. The van der Waals surface area contributed by atoms with Crippen LogP contribution in [0.1, 0.15) is 34.3 Å². The molecule has 2 heterocycles. The van der Waals surface area contributed by atoms with E-state index >= 15 is 0 Å². The van der Waals surface area contributed by atoms with Crippen molar-refractivity contribution in [1.29, 1.82) is 0 Å². The summed E-state index contributed by atoms with van der Waals surface area (Å²) in [6, 6.07) is 5.22. The van der Waals surface area contributed by atoms with Crippen molar-refractivity contribution in [3.63, 3.8) is 0 Å². The van der Waals surface area contributed by atoms with Crippen molar-refractivity contribution in [3.05, 3.63) is 34.9 Å². The van der Waals surface area contributed by atoms with E-state index in [1.807, 2.05) is 11.0 Å². The van der Waals surface area contributed by atoms with Gasteiger partial charge in [-0.2, -0.15) is 0 Å².